The zero-order valence-corrected chi connectivity index (χ0v) is 38.8. The maximum absolute atomic E-state index is 6.68. The van der Waals surface area contributed by atoms with Crippen molar-refractivity contribution in [2.75, 3.05) is 4.90 Å². The van der Waals surface area contributed by atoms with Gasteiger partial charge in [0, 0.05) is 48.4 Å². The van der Waals surface area contributed by atoms with Crippen LogP contribution in [0.25, 0.3) is 86.9 Å². The Bertz CT molecular complexity index is 4110. The molecule has 0 fully saturated rings. The number of rotatable bonds is 4. The van der Waals surface area contributed by atoms with Crippen LogP contribution in [0.4, 0.5) is 17.1 Å². The van der Waals surface area contributed by atoms with Crippen molar-refractivity contribution in [3.63, 3.8) is 0 Å². The number of fused-ring (bicyclic) bond motifs is 20. The minimum Gasteiger partial charge on any atom is -0.456 e. The highest BCUT2D eigenvalue weighted by molar-refractivity contribution is 7.25. The minimum absolute atomic E-state index is 0.659. The molecule has 2 nitrogen and oxygen atoms in total. The first-order valence-electron chi connectivity index (χ1n) is 24.1. The van der Waals surface area contributed by atoms with E-state index < -0.39 is 5.41 Å². The van der Waals surface area contributed by atoms with Gasteiger partial charge in [0.05, 0.1) is 5.41 Å². The molecule has 70 heavy (non-hydrogen) atoms. The molecule has 326 valence electrons. The molecule has 1 atom stereocenters. The molecular weight excluding hydrogens is 867 g/mol. The van der Waals surface area contributed by atoms with Gasteiger partial charge in [-0.2, -0.15) is 0 Å². The summed E-state index contributed by atoms with van der Waals surface area (Å²) in [7, 11) is 0. The van der Waals surface area contributed by atoms with Gasteiger partial charge in [0.25, 0.3) is 0 Å². The Balaban J connectivity index is 1.04. The lowest BCUT2D eigenvalue weighted by Crippen LogP contribution is -2.29. The van der Waals surface area contributed by atoms with Gasteiger partial charge < -0.3 is 9.64 Å². The molecule has 0 radical (unpaired) electrons. The van der Waals surface area contributed by atoms with Crippen LogP contribution in [0.15, 0.2) is 249 Å². The number of benzene rings is 11. The highest BCUT2D eigenvalue weighted by Crippen LogP contribution is 2.63. The van der Waals surface area contributed by atoms with E-state index in [0.29, 0.717) is 0 Å². The predicted molar refractivity (Wildman–Crippen MR) is 292 cm³/mol. The van der Waals surface area contributed by atoms with Gasteiger partial charge in [0.15, 0.2) is 0 Å². The quantitative estimate of drug-likeness (QED) is 0.174. The fourth-order valence-electron chi connectivity index (χ4n) is 12.1. The first kappa shape index (κ1) is 39.3. The SMILES string of the molecule is c1ccc(-c2ccc(N(c3ccc4c(c3)-c3ccccc3Oc3ccccc3-4)c3ccc4c(c3)C3(c5ccccc5-c5ccccc5-4)c4ccccc4-c4cc5c(cc43)sc3ccccc35)cc2)cc1. The maximum Gasteiger partial charge on any atom is 0.135 e. The second-order valence-electron chi connectivity index (χ2n) is 18.7. The molecule has 1 spiro atoms. The van der Waals surface area contributed by atoms with Crippen molar-refractivity contribution < 1.29 is 4.74 Å². The fraction of sp³-hybridized carbons (Fsp3) is 0.0149. The molecule has 0 N–H and O–H groups in total. The molecular formula is C67H41NOS. The Labute approximate surface area is 410 Å². The molecule has 0 amide bonds. The number of hydrogen-bond donors (Lipinski definition) is 0. The number of nitrogens with zero attached hydrogens (tertiary/aromatic N) is 1. The highest BCUT2D eigenvalue weighted by Gasteiger charge is 2.50. The first-order chi connectivity index (χ1) is 34.7. The molecule has 2 aliphatic carbocycles. The highest BCUT2D eigenvalue weighted by atomic mass is 32.1. The van der Waals surface area contributed by atoms with Crippen molar-refractivity contribution in [2.24, 2.45) is 0 Å². The van der Waals surface area contributed by atoms with E-state index in [1.807, 2.05) is 11.3 Å². The van der Waals surface area contributed by atoms with E-state index in [4.69, 9.17) is 4.74 Å². The molecule has 1 unspecified atom stereocenters. The van der Waals surface area contributed by atoms with Crippen molar-refractivity contribution in [1.82, 2.24) is 0 Å². The van der Waals surface area contributed by atoms with Crippen molar-refractivity contribution in [3.05, 3.63) is 271 Å². The third-order valence-corrected chi connectivity index (χ3v) is 16.2. The second kappa shape index (κ2) is 15.1. The monoisotopic (exact) mass is 907 g/mol. The lowest BCUT2D eigenvalue weighted by Gasteiger charge is -2.36. The Morgan fingerprint density at radius 1 is 0.286 bits per heavy atom. The standard InChI is InChI=1S/C67H41NOS/c1-2-16-42(17-3-1)43-30-32-44(33-31-43)68(45-34-36-49-53-22-8-13-27-63(53)69-64-28-14-9-23-54(64)56(49)38-45)46-35-37-52-48-19-5-4-18-47(48)50-20-6-11-25-59(50)67(61(52)39-46)60-26-12-7-21-51(60)57-40-58-55-24-10-15-29-65(55)70-66(58)41-62(57)67/h1-41H. The van der Waals surface area contributed by atoms with Gasteiger partial charge in [-0.25, -0.2) is 0 Å². The Kier molecular flexibility index (Phi) is 8.48. The van der Waals surface area contributed by atoms with Crippen molar-refractivity contribution in [2.45, 2.75) is 5.41 Å². The number of ether oxygens (including phenoxy) is 1. The van der Waals surface area contributed by atoms with Gasteiger partial charge in [0.2, 0.25) is 0 Å². The lowest BCUT2D eigenvalue weighted by atomic mass is 9.65. The average molecular weight is 908 g/mol. The maximum atomic E-state index is 6.68. The zero-order chi connectivity index (χ0) is 45.9. The largest absolute Gasteiger partial charge is 0.456 e. The van der Waals surface area contributed by atoms with Gasteiger partial charge in [-0.3, -0.25) is 0 Å². The van der Waals surface area contributed by atoms with E-state index in [1.54, 1.807) is 0 Å². The van der Waals surface area contributed by atoms with Crippen LogP contribution in [0.3, 0.4) is 0 Å². The van der Waals surface area contributed by atoms with Gasteiger partial charge in [0.1, 0.15) is 11.5 Å². The van der Waals surface area contributed by atoms with E-state index in [-0.39, 0.29) is 0 Å². The van der Waals surface area contributed by atoms with E-state index in [9.17, 15) is 0 Å². The summed E-state index contributed by atoms with van der Waals surface area (Å²) < 4.78 is 9.30. The van der Waals surface area contributed by atoms with Crippen LogP contribution in [-0.2, 0) is 5.41 Å². The van der Waals surface area contributed by atoms with E-state index >= 15 is 0 Å². The Hall–Kier alpha value is -8.76. The van der Waals surface area contributed by atoms with Gasteiger partial charge in [-0.05, 0) is 145 Å². The van der Waals surface area contributed by atoms with Gasteiger partial charge in [-0.15, -0.1) is 11.3 Å². The van der Waals surface area contributed by atoms with Crippen LogP contribution >= 0.6 is 11.3 Å². The van der Waals surface area contributed by atoms with Crippen LogP contribution in [0.5, 0.6) is 11.5 Å². The second-order valence-corrected chi connectivity index (χ2v) is 19.8. The predicted octanol–water partition coefficient (Wildman–Crippen LogP) is 18.6. The summed E-state index contributed by atoms with van der Waals surface area (Å²) in [5.74, 6) is 1.71. The lowest BCUT2D eigenvalue weighted by molar-refractivity contribution is 0.488. The number of thiophene rings is 1. The number of anilines is 3. The summed E-state index contributed by atoms with van der Waals surface area (Å²) >= 11 is 1.90. The van der Waals surface area contributed by atoms with E-state index in [2.05, 4.69) is 254 Å². The van der Waals surface area contributed by atoms with E-state index in [1.165, 1.54) is 86.9 Å². The third-order valence-electron chi connectivity index (χ3n) is 15.1. The van der Waals surface area contributed by atoms with Crippen molar-refractivity contribution >= 4 is 48.6 Å². The summed E-state index contributed by atoms with van der Waals surface area (Å²) in [6.45, 7) is 0. The van der Waals surface area contributed by atoms with Crippen LogP contribution < -0.4 is 9.64 Å². The molecule has 0 bridgehead atoms. The van der Waals surface area contributed by atoms with Crippen LogP contribution in [0, 0.1) is 0 Å². The van der Waals surface area contributed by atoms with Gasteiger partial charge >= 0.3 is 0 Å². The summed E-state index contributed by atoms with van der Waals surface area (Å²) in [6, 6.07) is 92.2. The zero-order valence-electron chi connectivity index (χ0n) is 37.9. The summed E-state index contributed by atoms with van der Waals surface area (Å²) in [4.78, 5) is 2.46. The first-order valence-corrected chi connectivity index (χ1v) is 24.9. The molecule has 12 aromatic rings. The van der Waals surface area contributed by atoms with Crippen molar-refractivity contribution in [3.8, 4) is 78.3 Å². The topological polar surface area (TPSA) is 12.5 Å². The summed E-state index contributed by atoms with van der Waals surface area (Å²) in [5, 5.41) is 2.63. The molecule has 0 saturated carbocycles. The van der Waals surface area contributed by atoms with Crippen LogP contribution in [-0.4, -0.2) is 0 Å². The third kappa shape index (κ3) is 5.61. The molecule has 1 aromatic heterocycles. The number of hydrogen-bond acceptors (Lipinski definition) is 3. The normalized spacial score (nSPS) is 14.5. The minimum atomic E-state index is -0.659. The molecule has 15 rings (SSSR count). The molecule has 3 aliphatic rings. The van der Waals surface area contributed by atoms with Crippen LogP contribution in [0.2, 0.25) is 0 Å². The van der Waals surface area contributed by atoms with Gasteiger partial charge in [-0.1, -0.05) is 182 Å². The summed E-state index contributed by atoms with van der Waals surface area (Å²) in [6.07, 6.45) is 0. The fourth-order valence-corrected chi connectivity index (χ4v) is 13.2. The molecule has 2 heterocycles. The number of para-hydroxylation sites is 2. The Morgan fingerprint density at radius 3 is 1.49 bits per heavy atom. The summed E-state index contributed by atoms with van der Waals surface area (Å²) in [5.41, 5.74) is 22.1. The molecule has 3 heteroatoms. The van der Waals surface area contributed by atoms with E-state index in [0.717, 1.165) is 50.8 Å². The molecule has 11 aromatic carbocycles. The smallest absolute Gasteiger partial charge is 0.135 e. The average Bonchev–Trinajstić information content (AvgIpc) is 3.85. The van der Waals surface area contributed by atoms with Crippen molar-refractivity contribution in [1.29, 1.82) is 0 Å². The van der Waals surface area contributed by atoms with Crippen LogP contribution in [0.1, 0.15) is 22.3 Å². The molecule has 0 saturated heterocycles. The molecule has 1 aliphatic heterocycles. The Morgan fingerprint density at radius 2 is 0.771 bits per heavy atom.